The number of nitrogens with zero attached hydrogens (tertiary/aromatic N) is 5. The number of fused-ring (bicyclic) bond motifs is 1. The molecule has 0 unspecified atom stereocenters. The summed E-state index contributed by atoms with van der Waals surface area (Å²) in [6.45, 7) is 5.23. The number of aliphatic carboxylic acids is 2. The lowest BCUT2D eigenvalue weighted by atomic mass is 10.3. The van der Waals surface area contributed by atoms with Crippen molar-refractivity contribution in [2.75, 3.05) is 31.1 Å². The molecule has 0 bridgehead atoms. The molecule has 1 aliphatic carbocycles. The number of nitrogens with one attached hydrogen (secondary N) is 1. The van der Waals surface area contributed by atoms with Gasteiger partial charge in [0.1, 0.15) is 0 Å². The van der Waals surface area contributed by atoms with Gasteiger partial charge in [-0.2, -0.15) is 23.1 Å². The monoisotopic (exact) mass is 500 g/mol. The summed E-state index contributed by atoms with van der Waals surface area (Å²) in [6.07, 6.45) is -4.30. The Morgan fingerprint density at radius 3 is 2.29 bits per heavy atom. The fraction of sp³-hybridized carbons (Fsp3) is 0.550. The molecule has 1 saturated heterocycles. The molecule has 2 aromatic heterocycles. The van der Waals surface area contributed by atoms with E-state index in [9.17, 15) is 27.9 Å². The first kappa shape index (κ1) is 25.8. The van der Waals surface area contributed by atoms with Crippen molar-refractivity contribution in [3.05, 3.63) is 10.4 Å². The first-order valence-corrected chi connectivity index (χ1v) is 10.5. The second-order valence-electron chi connectivity index (χ2n) is 7.80. The highest BCUT2D eigenvalue weighted by molar-refractivity contribution is 5.81. The lowest BCUT2D eigenvalue weighted by Crippen LogP contribution is -2.44. The Morgan fingerprint density at radius 2 is 1.80 bits per heavy atom. The second-order valence-corrected chi connectivity index (χ2v) is 7.80. The number of hydrogen-bond donors (Lipinski definition) is 3. The van der Waals surface area contributed by atoms with Crippen molar-refractivity contribution in [2.45, 2.75) is 38.1 Å². The van der Waals surface area contributed by atoms with Crippen LogP contribution in [0.25, 0.3) is 11.2 Å². The van der Waals surface area contributed by atoms with Gasteiger partial charge in [0.2, 0.25) is 11.5 Å². The number of alkyl halides is 3. The van der Waals surface area contributed by atoms with Gasteiger partial charge in [-0.3, -0.25) is 13.9 Å². The zero-order valence-corrected chi connectivity index (χ0v) is 18.8. The summed E-state index contributed by atoms with van der Waals surface area (Å²) in [6, 6.07) is -0.0320. The third-order valence-corrected chi connectivity index (χ3v) is 5.36. The molecule has 2 aliphatic rings. The van der Waals surface area contributed by atoms with Crippen LogP contribution in [0.5, 0.6) is 6.01 Å². The maximum Gasteiger partial charge on any atom is 0.490 e. The molecular weight excluding hydrogens is 477 g/mol. The molecule has 0 radical (unpaired) electrons. The number of imidazole rings is 1. The largest absolute Gasteiger partial charge is 0.490 e. The fourth-order valence-electron chi connectivity index (χ4n) is 3.28. The minimum Gasteiger partial charge on any atom is -0.478 e. The summed E-state index contributed by atoms with van der Waals surface area (Å²) in [5.41, 5.74) is -1.05. The minimum atomic E-state index is -5.08. The van der Waals surface area contributed by atoms with Crippen LogP contribution in [0.15, 0.2) is 4.79 Å². The average Bonchev–Trinajstić information content (AvgIpc) is 3.50. The van der Waals surface area contributed by atoms with Gasteiger partial charge in [-0.1, -0.05) is 5.92 Å². The summed E-state index contributed by atoms with van der Waals surface area (Å²) in [7, 11) is 1.52. The summed E-state index contributed by atoms with van der Waals surface area (Å²) in [4.78, 5) is 44.5. The van der Waals surface area contributed by atoms with Crippen molar-refractivity contribution in [3.63, 3.8) is 0 Å². The standard InChI is InChI=1S/C18H22N6O4.C2HF3O2/c1-3-4-9-24-12-13(20-16(24)23-10-7-19-8-11-23)21-17(22(2)14(12)25)28-18(5-6-18)15(26)27;3-2(4,5)1(6)7/h19H,5-11H2,1-2H3,(H,26,27);(H,6,7). The molecule has 4 rings (SSSR count). The molecule has 0 spiro atoms. The predicted octanol–water partition coefficient (Wildman–Crippen LogP) is 0.192. The highest BCUT2D eigenvalue weighted by atomic mass is 19.4. The van der Waals surface area contributed by atoms with Gasteiger partial charge < -0.3 is 25.2 Å². The Bertz CT molecular complexity index is 1250. The van der Waals surface area contributed by atoms with E-state index in [2.05, 4.69) is 32.0 Å². The number of aromatic nitrogens is 4. The lowest BCUT2D eigenvalue weighted by Gasteiger charge is -2.28. The van der Waals surface area contributed by atoms with Gasteiger partial charge in [0.25, 0.3) is 5.56 Å². The number of ether oxygens (including phenoxy) is 1. The van der Waals surface area contributed by atoms with Gasteiger partial charge in [0, 0.05) is 46.1 Å². The Hall–Kier alpha value is -3.80. The molecule has 35 heavy (non-hydrogen) atoms. The van der Waals surface area contributed by atoms with Crippen LogP contribution in [-0.2, 0) is 23.2 Å². The number of hydrogen-bond acceptors (Lipinski definition) is 8. The third-order valence-electron chi connectivity index (χ3n) is 5.36. The van der Waals surface area contributed by atoms with Crippen LogP contribution in [0, 0.1) is 11.8 Å². The van der Waals surface area contributed by atoms with Gasteiger partial charge in [-0.05, 0) is 6.92 Å². The van der Waals surface area contributed by atoms with Gasteiger partial charge in [0.05, 0.1) is 6.54 Å². The van der Waals surface area contributed by atoms with Crippen molar-refractivity contribution < 1.29 is 37.7 Å². The minimum absolute atomic E-state index is 0.0320. The molecule has 3 heterocycles. The van der Waals surface area contributed by atoms with E-state index in [1.165, 1.54) is 11.6 Å². The average molecular weight is 500 g/mol. The number of carbonyl (C=O) groups is 2. The molecule has 1 aliphatic heterocycles. The van der Waals surface area contributed by atoms with Crippen LogP contribution < -0.4 is 20.5 Å². The molecule has 2 fully saturated rings. The molecule has 190 valence electrons. The summed E-state index contributed by atoms with van der Waals surface area (Å²) in [5.74, 6) is 2.68. The highest BCUT2D eigenvalue weighted by Crippen LogP contribution is 2.40. The fourth-order valence-corrected chi connectivity index (χ4v) is 3.28. The molecule has 0 atom stereocenters. The van der Waals surface area contributed by atoms with Crippen molar-refractivity contribution in [3.8, 4) is 17.9 Å². The van der Waals surface area contributed by atoms with E-state index in [-0.39, 0.29) is 17.2 Å². The van der Waals surface area contributed by atoms with E-state index in [0.29, 0.717) is 30.9 Å². The van der Waals surface area contributed by atoms with Crippen molar-refractivity contribution in [2.24, 2.45) is 7.05 Å². The lowest BCUT2D eigenvalue weighted by molar-refractivity contribution is -0.192. The Kier molecular flexibility index (Phi) is 7.25. The molecule has 2 aromatic rings. The van der Waals surface area contributed by atoms with E-state index < -0.39 is 23.7 Å². The van der Waals surface area contributed by atoms with Gasteiger partial charge in [-0.15, -0.1) is 5.92 Å². The summed E-state index contributed by atoms with van der Waals surface area (Å²) >= 11 is 0. The van der Waals surface area contributed by atoms with E-state index in [1.807, 2.05) is 0 Å². The zero-order valence-electron chi connectivity index (χ0n) is 18.8. The normalized spacial score (nSPS) is 16.5. The zero-order chi connectivity index (χ0) is 26.0. The predicted molar refractivity (Wildman–Crippen MR) is 115 cm³/mol. The maximum atomic E-state index is 13.1. The first-order chi connectivity index (χ1) is 16.4. The van der Waals surface area contributed by atoms with E-state index in [1.54, 1.807) is 11.5 Å². The van der Waals surface area contributed by atoms with E-state index in [0.717, 1.165) is 26.2 Å². The van der Waals surface area contributed by atoms with Crippen LogP contribution >= 0.6 is 0 Å². The number of piperazine rings is 1. The Balaban J connectivity index is 0.000000429. The van der Waals surface area contributed by atoms with Gasteiger partial charge in [-0.25, -0.2) is 9.59 Å². The van der Waals surface area contributed by atoms with Crippen LogP contribution in [-0.4, -0.2) is 79.2 Å². The second kappa shape index (κ2) is 9.82. The number of carboxylic acid groups (broad SMARTS) is 2. The quantitative estimate of drug-likeness (QED) is 0.485. The van der Waals surface area contributed by atoms with Crippen LogP contribution in [0.4, 0.5) is 19.1 Å². The van der Waals surface area contributed by atoms with Crippen molar-refractivity contribution in [1.29, 1.82) is 0 Å². The smallest absolute Gasteiger partial charge is 0.478 e. The molecule has 0 amide bonds. The number of carboxylic acids is 2. The molecule has 1 saturated carbocycles. The van der Waals surface area contributed by atoms with Crippen LogP contribution in [0.2, 0.25) is 0 Å². The molecule has 0 aromatic carbocycles. The number of halogens is 3. The first-order valence-electron chi connectivity index (χ1n) is 10.5. The summed E-state index contributed by atoms with van der Waals surface area (Å²) < 4.78 is 40.4. The third kappa shape index (κ3) is 5.48. The topological polar surface area (TPSA) is 152 Å². The van der Waals surface area contributed by atoms with Crippen molar-refractivity contribution >= 4 is 29.1 Å². The number of anilines is 1. The Labute approximate surface area is 196 Å². The molecular formula is C20H23F3N6O6. The van der Waals surface area contributed by atoms with Gasteiger partial charge in [0.15, 0.2) is 11.2 Å². The van der Waals surface area contributed by atoms with Crippen LogP contribution in [0.1, 0.15) is 19.8 Å². The van der Waals surface area contributed by atoms with E-state index >= 15 is 0 Å². The summed E-state index contributed by atoms with van der Waals surface area (Å²) in [5, 5.41) is 19.8. The van der Waals surface area contributed by atoms with Gasteiger partial charge >= 0.3 is 24.1 Å². The Morgan fingerprint density at radius 1 is 1.20 bits per heavy atom. The van der Waals surface area contributed by atoms with Crippen LogP contribution in [0.3, 0.4) is 0 Å². The molecule has 3 N–H and O–H groups in total. The van der Waals surface area contributed by atoms with E-state index in [4.69, 9.17) is 14.6 Å². The molecule has 12 nitrogen and oxygen atoms in total. The SMILES string of the molecule is CC#CCn1c(N2CCNCC2)nc2nc(OC3(C(=O)O)CC3)n(C)c(=O)c21.O=C(O)C(F)(F)F. The maximum absolute atomic E-state index is 13.1. The number of rotatable bonds is 5. The molecule has 15 heteroatoms. The highest BCUT2D eigenvalue weighted by Gasteiger charge is 2.54. The van der Waals surface area contributed by atoms with Crippen molar-refractivity contribution in [1.82, 2.24) is 24.4 Å².